The molecule has 206 valence electrons. The highest BCUT2D eigenvalue weighted by atomic mass is 15.2. The van der Waals surface area contributed by atoms with Crippen LogP contribution < -0.4 is 20.6 Å². The van der Waals surface area contributed by atoms with Crippen molar-refractivity contribution in [2.45, 2.75) is 19.3 Å². The van der Waals surface area contributed by atoms with E-state index in [1.165, 1.54) is 67.1 Å². The Kier molecular flexibility index (Phi) is 5.84. The summed E-state index contributed by atoms with van der Waals surface area (Å²) in [4.78, 5) is 5.04. The van der Waals surface area contributed by atoms with E-state index >= 15 is 0 Å². The molecule has 0 N–H and O–H groups in total. The Balaban J connectivity index is 1.54. The van der Waals surface area contributed by atoms with E-state index in [4.69, 9.17) is 0 Å². The zero-order chi connectivity index (χ0) is 29.1. The lowest BCUT2D eigenvalue weighted by Crippen LogP contribution is -2.61. The smallest absolute Gasteiger partial charge is 0.332 e. The third kappa shape index (κ3) is 3.81. The van der Waals surface area contributed by atoms with Crippen molar-refractivity contribution in [1.82, 2.24) is 0 Å². The number of anilines is 4. The number of nitrogens with zero attached hydrogens (tertiary/aromatic N) is 2. The fourth-order valence-electron chi connectivity index (χ4n) is 7.46. The molecule has 2 aliphatic heterocycles. The van der Waals surface area contributed by atoms with Crippen LogP contribution in [0.3, 0.4) is 0 Å². The van der Waals surface area contributed by atoms with E-state index < -0.39 is 0 Å². The standard InChI is InChI=1S/C40H33BN2/c1-40(2)32-22-14-20-30(28-16-6-4-7-17-28)38(32)43(39-31(21-15-23-33(39)40)29-18-8-5-9-19-29)41-34-24-10-12-26-36(34)42(3)37-27-13-11-25-35(37)41/h4-27H,1-3H3. The molecule has 0 unspecified atom stereocenters. The molecule has 6 aromatic carbocycles. The number of benzene rings is 6. The average Bonchev–Trinajstić information content (AvgIpc) is 3.06. The van der Waals surface area contributed by atoms with Crippen molar-refractivity contribution in [1.29, 1.82) is 0 Å². The van der Waals surface area contributed by atoms with Crippen molar-refractivity contribution >= 4 is 40.5 Å². The summed E-state index contributed by atoms with van der Waals surface area (Å²) in [7, 11) is 2.19. The van der Waals surface area contributed by atoms with Gasteiger partial charge in [-0.25, -0.2) is 0 Å². The Bertz CT molecular complexity index is 1840. The van der Waals surface area contributed by atoms with E-state index in [1.807, 2.05) is 0 Å². The Morgan fingerprint density at radius 3 is 1.35 bits per heavy atom. The first-order valence-corrected chi connectivity index (χ1v) is 15.1. The maximum Gasteiger partial charge on any atom is 0.332 e. The van der Waals surface area contributed by atoms with E-state index in [0.717, 1.165) is 0 Å². The van der Waals surface area contributed by atoms with Gasteiger partial charge in [-0.2, -0.15) is 0 Å². The first kappa shape index (κ1) is 25.7. The number of hydrogen-bond donors (Lipinski definition) is 0. The zero-order valence-electron chi connectivity index (χ0n) is 24.8. The Morgan fingerprint density at radius 1 is 0.465 bits per heavy atom. The van der Waals surface area contributed by atoms with Crippen molar-refractivity contribution in [2.75, 3.05) is 16.8 Å². The molecule has 0 amide bonds. The van der Waals surface area contributed by atoms with Crippen LogP contribution in [0.5, 0.6) is 0 Å². The van der Waals surface area contributed by atoms with Crippen LogP contribution in [0.25, 0.3) is 22.3 Å². The fourth-order valence-corrected chi connectivity index (χ4v) is 7.46. The van der Waals surface area contributed by atoms with Crippen LogP contribution in [0.15, 0.2) is 146 Å². The van der Waals surface area contributed by atoms with Crippen molar-refractivity contribution in [2.24, 2.45) is 0 Å². The molecule has 6 aromatic rings. The van der Waals surface area contributed by atoms with E-state index in [0.29, 0.717) is 0 Å². The first-order valence-electron chi connectivity index (χ1n) is 15.1. The second-order valence-electron chi connectivity index (χ2n) is 12.2. The summed E-state index contributed by atoms with van der Waals surface area (Å²) in [5, 5.41) is 0. The van der Waals surface area contributed by atoms with Gasteiger partial charge in [0.05, 0.1) is 0 Å². The van der Waals surface area contributed by atoms with Gasteiger partial charge in [0.2, 0.25) is 0 Å². The van der Waals surface area contributed by atoms with Gasteiger partial charge < -0.3 is 9.71 Å². The largest absolute Gasteiger partial charge is 0.375 e. The predicted octanol–water partition coefficient (Wildman–Crippen LogP) is 8.69. The SMILES string of the molecule is CN1c2ccccc2B(N2c3c(-c4ccccc4)cccc3C(C)(C)c3cccc(-c4ccccc4)c32)c2ccccc21. The van der Waals surface area contributed by atoms with Gasteiger partial charge in [0.1, 0.15) is 0 Å². The quantitative estimate of drug-likeness (QED) is 0.203. The lowest BCUT2D eigenvalue weighted by atomic mass is 9.45. The van der Waals surface area contributed by atoms with Crippen molar-refractivity contribution in [3.05, 3.63) is 157 Å². The summed E-state index contributed by atoms with van der Waals surface area (Å²) in [6.45, 7) is 4.76. The fraction of sp³-hybridized carbons (Fsp3) is 0.100. The van der Waals surface area contributed by atoms with Gasteiger partial charge in [-0.05, 0) is 45.3 Å². The highest BCUT2D eigenvalue weighted by molar-refractivity contribution is 6.92. The van der Waals surface area contributed by atoms with E-state index in [-0.39, 0.29) is 12.3 Å². The minimum atomic E-state index is -0.207. The molecule has 0 atom stereocenters. The summed E-state index contributed by atoms with van der Waals surface area (Å²) < 4.78 is 0. The molecule has 0 saturated heterocycles. The van der Waals surface area contributed by atoms with Gasteiger partial charge in [0, 0.05) is 46.3 Å². The van der Waals surface area contributed by atoms with E-state index in [9.17, 15) is 0 Å². The molecular formula is C40H33BN2. The van der Waals surface area contributed by atoms with Crippen LogP contribution >= 0.6 is 0 Å². The van der Waals surface area contributed by atoms with Crippen molar-refractivity contribution in [3.63, 3.8) is 0 Å². The van der Waals surface area contributed by atoms with Crippen LogP contribution in [0.1, 0.15) is 25.0 Å². The molecule has 0 aliphatic carbocycles. The van der Waals surface area contributed by atoms with E-state index in [1.54, 1.807) is 0 Å². The molecule has 0 aromatic heterocycles. The van der Waals surface area contributed by atoms with Gasteiger partial charge in [-0.15, -0.1) is 0 Å². The van der Waals surface area contributed by atoms with Gasteiger partial charge >= 0.3 is 6.85 Å². The Hall–Kier alpha value is -5.02. The number of hydrogen-bond acceptors (Lipinski definition) is 2. The first-order chi connectivity index (χ1) is 21.1. The van der Waals surface area contributed by atoms with E-state index in [2.05, 4.69) is 176 Å². The summed E-state index contributed by atoms with van der Waals surface area (Å²) in [6, 6.07) is 53.4. The van der Waals surface area contributed by atoms with Crippen LogP contribution in [0.4, 0.5) is 22.7 Å². The molecule has 2 aliphatic rings. The number of rotatable bonds is 3. The molecular weight excluding hydrogens is 519 g/mol. The summed E-state index contributed by atoms with van der Waals surface area (Å²) in [6.07, 6.45) is 0. The Morgan fingerprint density at radius 2 is 0.884 bits per heavy atom. The maximum absolute atomic E-state index is 2.69. The zero-order valence-corrected chi connectivity index (χ0v) is 24.8. The van der Waals surface area contributed by atoms with Gasteiger partial charge in [-0.3, -0.25) is 0 Å². The molecule has 2 heterocycles. The summed E-state index contributed by atoms with van der Waals surface area (Å²) in [5.41, 5.74) is 15.1. The predicted molar refractivity (Wildman–Crippen MR) is 184 cm³/mol. The second-order valence-corrected chi connectivity index (χ2v) is 12.2. The molecule has 0 fully saturated rings. The molecule has 2 nitrogen and oxygen atoms in total. The second kappa shape index (κ2) is 9.78. The van der Waals surface area contributed by atoms with Crippen LogP contribution in [0, 0.1) is 0 Å². The summed E-state index contributed by atoms with van der Waals surface area (Å²) >= 11 is 0. The van der Waals surface area contributed by atoms with Gasteiger partial charge in [0.15, 0.2) is 0 Å². The van der Waals surface area contributed by atoms with Crippen LogP contribution in [-0.4, -0.2) is 13.9 Å². The molecule has 0 saturated carbocycles. The highest BCUT2D eigenvalue weighted by Crippen LogP contribution is 2.55. The van der Waals surface area contributed by atoms with Crippen molar-refractivity contribution in [3.8, 4) is 22.3 Å². The van der Waals surface area contributed by atoms with Gasteiger partial charge in [-0.1, -0.05) is 147 Å². The molecule has 0 radical (unpaired) electrons. The van der Waals surface area contributed by atoms with Crippen molar-refractivity contribution < 1.29 is 0 Å². The highest BCUT2D eigenvalue weighted by Gasteiger charge is 2.46. The molecule has 0 bridgehead atoms. The molecule has 0 spiro atoms. The Labute approximate surface area is 255 Å². The molecule has 43 heavy (non-hydrogen) atoms. The maximum atomic E-state index is 2.69. The lowest BCUT2D eigenvalue weighted by Gasteiger charge is -2.48. The topological polar surface area (TPSA) is 6.48 Å². The van der Waals surface area contributed by atoms with Gasteiger partial charge in [0.25, 0.3) is 0 Å². The summed E-state index contributed by atoms with van der Waals surface area (Å²) in [5.74, 6) is 0. The van der Waals surface area contributed by atoms with Crippen LogP contribution in [0.2, 0.25) is 0 Å². The monoisotopic (exact) mass is 552 g/mol. The third-order valence-corrected chi connectivity index (χ3v) is 9.51. The lowest BCUT2D eigenvalue weighted by molar-refractivity contribution is 0.634. The number of fused-ring (bicyclic) bond motifs is 4. The normalized spacial score (nSPS) is 14.4. The number of para-hydroxylation sites is 4. The molecule has 8 rings (SSSR count). The minimum absolute atomic E-state index is 0.0214. The van der Waals surface area contributed by atoms with Crippen LogP contribution in [-0.2, 0) is 5.41 Å². The third-order valence-electron chi connectivity index (χ3n) is 9.51. The molecule has 3 heteroatoms. The minimum Gasteiger partial charge on any atom is -0.375 e. The average molecular weight is 553 g/mol.